The van der Waals surface area contributed by atoms with Crippen LogP contribution < -0.4 is 5.32 Å². The molecule has 0 heterocycles. The number of nitrogens with one attached hydrogen (secondary N) is 1. The largest absolute Gasteiger partial charge is 0.390 e. The first-order valence-electron chi connectivity index (χ1n) is 4.27. The van der Waals surface area contributed by atoms with E-state index in [0.29, 0.717) is 6.54 Å². The summed E-state index contributed by atoms with van der Waals surface area (Å²) in [6.45, 7) is 2.52. The first-order valence-corrected chi connectivity index (χ1v) is 4.81. The summed E-state index contributed by atoms with van der Waals surface area (Å²) in [5, 5.41) is 12.3. The van der Waals surface area contributed by atoms with E-state index >= 15 is 0 Å². The smallest absolute Gasteiger partial charge is 0.0847 e. The minimum absolute atomic E-state index is 0.263. The van der Waals surface area contributed by atoms with Crippen LogP contribution in [0.5, 0.6) is 0 Å². The molecule has 13 heavy (non-hydrogen) atoms. The molecule has 0 bridgehead atoms. The van der Waals surface area contributed by atoms with Gasteiger partial charge < -0.3 is 10.4 Å². The number of benzene rings is 1. The highest BCUT2D eigenvalue weighted by atomic mass is 35.5. The van der Waals surface area contributed by atoms with E-state index in [-0.39, 0.29) is 5.88 Å². The van der Waals surface area contributed by atoms with Crippen molar-refractivity contribution in [2.45, 2.75) is 13.0 Å². The molecule has 1 aromatic carbocycles. The monoisotopic (exact) mass is 199 g/mol. The zero-order chi connectivity index (χ0) is 9.68. The number of aliphatic hydroxyl groups excluding tert-OH is 1. The molecule has 0 saturated heterocycles. The highest BCUT2D eigenvalue weighted by Crippen LogP contribution is 2.12. The Morgan fingerprint density at radius 3 is 2.77 bits per heavy atom. The van der Waals surface area contributed by atoms with Gasteiger partial charge in [0.25, 0.3) is 0 Å². The maximum absolute atomic E-state index is 9.22. The van der Waals surface area contributed by atoms with E-state index in [4.69, 9.17) is 11.6 Å². The molecule has 0 amide bonds. The molecular weight excluding hydrogens is 186 g/mol. The number of aliphatic hydroxyl groups is 1. The number of hydrogen-bond acceptors (Lipinski definition) is 2. The van der Waals surface area contributed by atoms with Crippen LogP contribution in [0.2, 0.25) is 0 Å². The van der Waals surface area contributed by atoms with Gasteiger partial charge in [-0.3, -0.25) is 0 Å². The normalized spacial score (nSPS) is 12.5. The van der Waals surface area contributed by atoms with Gasteiger partial charge in [-0.2, -0.15) is 0 Å². The van der Waals surface area contributed by atoms with E-state index in [9.17, 15) is 5.11 Å². The Balaban J connectivity index is 2.50. The van der Waals surface area contributed by atoms with Crippen molar-refractivity contribution in [3.63, 3.8) is 0 Å². The van der Waals surface area contributed by atoms with Crippen molar-refractivity contribution < 1.29 is 5.11 Å². The lowest BCUT2D eigenvalue weighted by Gasteiger charge is -2.11. The summed E-state index contributed by atoms with van der Waals surface area (Å²) in [4.78, 5) is 0. The second-order valence-electron chi connectivity index (χ2n) is 3.00. The lowest BCUT2D eigenvalue weighted by Crippen LogP contribution is -2.21. The van der Waals surface area contributed by atoms with Crippen molar-refractivity contribution in [3.8, 4) is 0 Å². The molecule has 0 saturated carbocycles. The fourth-order valence-corrected chi connectivity index (χ4v) is 1.16. The maximum Gasteiger partial charge on any atom is 0.0847 e. The Labute approximate surface area is 83.5 Å². The zero-order valence-corrected chi connectivity index (χ0v) is 8.38. The molecule has 1 rings (SSSR count). The van der Waals surface area contributed by atoms with Gasteiger partial charge in [0.05, 0.1) is 12.0 Å². The summed E-state index contributed by atoms with van der Waals surface area (Å²) < 4.78 is 0. The standard InChI is InChI=1S/C10H14ClNO/c1-8-4-2-3-5-10(8)12-7-9(13)6-11/h2-5,9,12-13H,6-7H2,1H3. The molecule has 0 aliphatic rings. The number of aryl methyl sites for hydroxylation is 1. The Morgan fingerprint density at radius 2 is 2.15 bits per heavy atom. The van der Waals surface area contributed by atoms with Gasteiger partial charge in [0.1, 0.15) is 0 Å². The predicted octanol–water partition coefficient (Wildman–Crippen LogP) is 2.01. The molecule has 1 atom stereocenters. The molecular formula is C10H14ClNO. The van der Waals surface area contributed by atoms with Gasteiger partial charge in [-0.25, -0.2) is 0 Å². The fourth-order valence-electron chi connectivity index (χ4n) is 1.05. The number of rotatable bonds is 4. The number of hydrogen-bond donors (Lipinski definition) is 2. The zero-order valence-electron chi connectivity index (χ0n) is 7.63. The molecule has 1 unspecified atom stereocenters. The van der Waals surface area contributed by atoms with Crippen molar-refractivity contribution in [2.24, 2.45) is 0 Å². The molecule has 72 valence electrons. The molecule has 2 nitrogen and oxygen atoms in total. The number of para-hydroxylation sites is 1. The number of anilines is 1. The first kappa shape index (κ1) is 10.4. The Morgan fingerprint density at radius 1 is 1.46 bits per heavy atom. The molecule has 0 aliphatic heterocycles. The van der Waals surface area contributed by atoms with Crippen LogP contribution in [-0.4, -0.2) is 23.6 Å². The van der Waals surface area contributed by atoms with Crippen LogP contribution >= 0.6 is 11.6 Å². The average Bonchev–Trinajstić information content (AvgIpc) is 2.16. The van der Waals surface area contributed by atoms with Crippen molar-refractivity contribution >= 4 is 17.3 Å². The first-order chi connectivity index (χ1) is 6.24. The van der Waals surface area contributed by atoms with Gasteiger partial charge in [0.15, 0.2) is 0 Å². The summed E-state index contributed by atoms with van der Waals surface area (Å²) in [6, 6.07) is 7.95. The van der Waals surface area contributed by atoms with Gasteiger partial charge in [0.2, 0.25) is 0 Å². The summed E-state index contributed by atoms with van der Waals surface area (Å²) >= 11 is 5.47. The SMILES string of the molecule is Cc1ccccc1NCC(O)CCl. The minimum atomic E-state index is -0.485. The van der Waals surface area contributed by atoms with Gasteiger partial charge >= 0.3 is 0 Å². The summed E-state index contributed by atoms with van der Waals surface area (Å²) in [5.74, 6) is 0.263. The molecule has 0 fully saturated rings. The Bertz CT molecular complexity index is 265. The van der Waals surface area contributed by atoms with Crippen LogP contribution in [0.4, 0.5) is 5.69 Å². The average molecular weight is 200 g/mol. The third-order valence-corrected chi connectivity index (χ3v) is 2.21. The predicted molar refractivity (Wildman–Crippen MR) is 56.4 cm³/mol. The summed E-state index contributed by atoms with van der Waals surface area (Å²) in [5.41, 5.74) is 2.22. The van der Waals surface area contributed by atoms with Gasteiger partial charge in [-0.1, -0.05) is 18.2 Å². The highest BCUT2D eigenvalue weighted by Gasteiger charge is 2.01. The molecule has 0 aliphatic carbocycles. The number of halogens is 1. The quantitative estimate of drug-likeness (QED) is 0.728. The summed E-state index contributed by atoms with van der Waals surface area (Å²) in [6.07, 6.45) is -0.485. The lowest BCUT2D eigenvalue weighted by atomic mass is 10.2. The molecule has 2 N–H and O–H groups in total. The van der Waals surface area contributed by atoms with E-state index in [0.717, 1.165) is 5.69 Å². The van der Waals surface area contributed by atoms with Crippen LogP contribution in [0.25, 0.3) is 0 Å². The van der Waals surface area contributed by atoms with Crippen LogP contribution in [0.3, 0.4) is 0 Å². The van der Waals surface area contributed by atoms with Crippen LogP contribution in [0, 0.1) is 6.92 Å². The molecule has 0 spiro atoms. The molecule has 3 heteroatoms. The van der Waals surface area contributed by atoms with E-state index in [1.807, 2.05) is 31.2 Å². The van der Waals surface area contributed by atoms with E-state index in [1.165, 1.54) is 5.56 Å². The third-order valence-electron chi connectivity index (χ3n) is 1.85. The van der Waals surface area contributed by atoms with Gasteiger partial charge in [0, 0.05) is 12.2 Å². The Hall–Kier alpha value is -0.730. The van der Waals surface area contributed by atoms with Crippen molar-refractivity contribution in [3.05, 3.63) is 29.8 Å². The fraction of sp³-hybridized carbons (Fsp3) is 0.400. The number of alkyl halides is 1. The van der Waals surface area contributed by atoms with Gasteiger partial charge in [-0.05, 0) is 18.6 Å². The van der Waals surface area contributed by atoms with Crippen molar-refractivity contribution in [1.82, 2.24) is 0 Å². The molecule has 1 aromatic rings. The maximum atomic E-state index is 9.22. The second-order valence-corrected chi connectivity index (χ2v) is 3.31. The topological polar surface area (TPSA) is 32.3 Å². The van der Waals surface area contributed by atoms with E-state index in [2.05, 4.69) is 5.32 Å². The van der Waals surface area contributed by atoms with Crippen molar-refractivity contribution in [2.75, 3.05) is 17.7 Å². The van der Waals surface area contributed by atoms with Gasteiger partial charge in [-0.15, -0.1) is 11.6 Å². The van der Waals surface area contributed by atoms with Crippen molar-refractivity contribution in [1.29, 1.82) is 0 Å². The van der Waals surface area contributed by atoms with Crippen LogP contribution in [-0.2, 0) is 0 Å². The van der Waals surface area contributed by atoms with E-state index in [1.54, 1.807) is 0 Å². The lowest BCUT2D eigenvalue weighted by molar-refractivity contribution is 0.211. The van der Waals surface area contributed by atoms with E-state index < -0.39 is 6.10 Å². The molecule has 0 aromatic heterocycles. The Kier molecular flexibility index (Phi) is 4.06. The third kappa shape index (κ3) is 3.25. The van der Waals surface area contributed by atoms with Crippen LogP contribution in [0.15, 0.2) is 24.3 Å². The summed E-state index contributed by atoms with van der Waals surface area (Å²) in [7, 11) is 0. The minimum Gasteiger partial charge on any atom is -0.390 e. The van der Waals surface area contributed by atoms with Crippen LogP contribution in [0.1, 0.15) is 5.56 Å². The second kappa shape index (κ2) is 5.10. The highest BCUT2D eigenvalue weighted by molar-refractivity contribution is 6.18. The molecule has 0 radical (unpaired) electrons.